The van der Waals surface area contributed by atoms with Crippen molar-refractivity contribution < 1.29 is 9.53 Å². The molecule has 0 bridgehead atoms. The summed E-state index contributed by atoms with van der Waals surface area (Å²) in [5, 5.41) is 0.584. The van der Waals surface area contributed by atoms with Crippen molar-refractivity contribution in [3.8, 4) is 5.75 Å². The molecule has 0 N–H and O–H groups in total. The molecule has 0 fully saturated rings. The number of ketones is 1. The minimum Gasteiger partial charge on any atom is -0.496 e. The van der Waals surface area contributed by atoms with Crippen LogP contribution in [0.1, 0.15) is 15.9 Å². The van der Waals surface area contributed by atoms with Crippen molar-refractivity contribution in [3.05, 3.63) is 61.5 Å². The Labute approximate surface area is 139 Å². The molecule has 2 rings (SSSR count). The van der Waals surface area contributed by atoms with E-state index in [1.54, 1.807) is 31.4 Å². The van der Waals surface area contributed by atoms with E-state index >= 15 is 0 Å². The minimum absolute atomic E-state index is 0.0116. The van der Waals surface area contributed by atoms with Crippen molar-refractivity contribution in [1.82, 2.24) is 0 Å². The van der Waals surface area contributed by atoms with Gasteiger partial charge >= 0.3 is 0 Å². The zero-order valence-electron chi connectivity index (χ0n) is 10.6. The third kappa shape index (κ3) is 3.62. The standard InChI is InChI=1S/C15H11Br2ClO2/c1-20-15-5-3-10(6-12(15)17)14(19)7-9-2-4-11(16)8-13(9)18/h2-6,8H,7H2,1H3. The van der Waals surface area contributed by atoms with Crippen molar-refractivity contribution in [1.29, 1.82) is 0 Å². The van der Waals surface area contributed by atoms with Crippen LogP contribution in [0.2, 0.25) is 5.02 Å². The first kappa shape index (κ1) is 15.5. The van der Waals surface area contributed by atoms with Crippen LogP contribution >= 0.6 is 43.5 Å². The third-order valence-electron chi connectivity index (χ3n) is 2.84. The van der Waals surface area contributed by atoms with Gasteiger partial charge in [-0.15, -0.1) is 0 Å². The summed E-state index contributed by atoms with van der Waals surface area (Å²) in [5.41, 5.74) is 1.43. The normalized spacial score (nSPS) is 10.4. The number of halogens is 3. The Morgan fingerprint density at radius 2 is 1.95 bits per heavy atom. The number of rotatable bonds is 4. The largest absolute Gasteiger partial charge is 0.496 e. The van der Waals surface area contributed by atoms with Gasteiger partial charge in [-0.3, -0.25) is 4.79 Å². The van der Waals surface area contributed by atoms with E-state index in [1.165, 1.54) is 0 Å². The summed E-state index contributed by atoms with van der Waals surface area (Å²) >= 11 is 12.8. The molecule has 2 nitrogen and oxygen atoms in total. The van der Waals surface area contributed by atoms with E-state index in [-0.39, 0.29) is 12.2 Å². The molecule has 0 spiro atoms. The van der Waals surface area contributed by atoms with Crippen LogP contribution in [0.5, 0.6) is 5.75 Å². The van der Waals surface area contributed by atoms with Gasteiger partial charge in [0.15, 0.2) is 5.78 Å². The fourth-order valence-electron chi connectivity index (χ4n) is 1.78. The SMILES string of the molecule is COc1ccc(C(=O)Cc2ccc(Br)cc2Cl)cc1Br. The van der Waals surface area contributed by atoms with Gasteiger partial charge in [-0.25, -0.2) is 0 Å². The maximum Gasteiger partial charge on any atom is 0.167 e. The molecule has 0 amide bonds. The Balaban J connectivity index is 2.21. The van der Waals surface area contributed by atoms with Crippen LogP contribution in [0.25, 0.3) is 0 Å². The van der Waals surface area contributed by atoms with Crippen LogP contribution < -0.4 is 4.74 Å². The first-order chi connectivity index (χ1) is 9.51. The monoisotopic (exact) mass is 416 g/mol. The van der Waals surface area contributed by atoms with Gasteiger partial charge in [0.05, 0.1) is 11.6 Å². The van der Waals surface area contributed by atoms with Gasteiger partial charge in [-0.1, -0.05) is 33.6 Å². The van der Waals surface area contributed by atoms with Crippen LogP contribution in [0.15, 0.2) is 45.3 Å². The van der Waals surface area contributed by atoms with E-state index in [1.807, 2.05) is 12.1 Å². The van der Waals surface area contributed by atoms with Crippen LogP contribution in [-0.4, -0.2) is 12.9 Å². The molecule has 0 saturated heterocycles. The van der Waals surface area contributed by atoms with Crippen LogP contribution in [0, 0.1) is 0 Å². The van der Waals surface area contributed by atoms with Gasteiger partial charge in [0.1, 0.15) is 5.75 Å². The number of methoxy groups -OCH3 is 1. The highest BCUT2D eigenvalue weighted by molar-refractivity contribution is 9.10. The number of Topliss-reactive ketones (excluding diaryl/α,β-unsaturated/α-hetero) is 1. The molecule has 2 aromatic rings. The number of ether oxygens (including phenoxy) is 1. The molecule has 0 atom stereocenters. The van der Waals surface area contributed by atoms with Crippen molar-refractivity contribution in [2.24, 2.45) is 0 Å². The molecular weight excluding hydrogens is 407 g/mol. The molecule has 0 radical (unpaired) electrons. The molecule has 0 aromatic heterocycles. The molecule has 0 unspecified atom stereocenters. The molecule has 5 heteroatoms. The van der Waals surface area contributed by atoms with Gasteiger partial charge in [-0.2, -0.15) is 0 Å². The van der Waals surface area contributed by atoms with Gasteiger partial charge in [0.25, 0.3) is 0 Å². The van der Waals surface area contributed by atoms with E-state index in [9.17, 15) is 4.79 Å². The lowest BCUT2D eigenvalue weighted by Gasteiger charge is -2.07. The van der Waals surface area contributed by atoms with Crippen LogP contribution in [-0.2, 0) is 6.42 Å². The minimum atomic E-state index is 0.0116. The Morgan fingerprint density at radius 3 is 2.55 bits per heavy atom. The smallest absolute Gasteiger partial charge is 0.167 e. The van der Waals surface area contributed by atoms with E-state index in [0.717, 1.165) is 14.5 Å². The number of hydrogen-bond donors (Lipinski definition) is 0. The lowest BCUT2D eigenvalue weighted by molar-refractivity contribution is 0.0993. The van der Waals surface area contributed by atoms with Crippen molar-refractivity contribution in [3.63, 3.8) is 0 Å². The number of benzene rings is 2. The fraction of sp³-hybridized carbons (Fsp3) is 0.133. The molecule has 2 aromatic carbocycles. The van der Waals surface area contributed by atoms with Gasteiger partial charge < -0.3 is 4.74 Å². The van der Waals surface area contributed by atoms with Crippen molar-refractivity contribution in [2.75, 3.05) is 7.11 Å². The second-order valence-corrected chi connectivity index (χ2v) is 6.36. The van der Waals surface area contributed by atoms with Crippen molar-refractivity contribution >= 4 is 49.2 Å². The summed E-state index contributed by atoms with van der Waals surface area (Å²) in [4.78, 5) is 12.3. The number of hydrogen-bond acceptors (Lipinski definition) is 2. The van der Waals surface area contributed by atoms with Crippen LogP contribution in [0.4, 0.5) is 0 Å². The maximum absolute atomic E-state index is 12.3. The zero-order chi connectivity index (χ0) is 14.7. The molecule has 0 aliphatic rings. The zero-order valence-corrected chi connectivity index (χ0v) is 14.5. The Kier molecular flexibility index (Phi) is 5.24. The lowest BCUT2D eigenvalue weighted by atomic mass is 10.0. The average Bonchev–Trinajstić information content (AvgIpc) is 2.41. The third-order valence-corrected chi connectivity index (χ3v) is 4.30. The topological polar surface area (TPSA) is 26.3 Å². The molecule has 0 saturated carbocycles. The first-order valence-electron chi connectivity index (χ1n) is 5.82. The average molecular weight is 419 g/mol. The summed E-state index contributed by atoms with van der Waals surface area (Å²) < 4.78 is 6.80. The second-order valence-electron chi connectivity index (χ2n) is 4.19. The quantitative estimate of drug-likeness (QED) is 0.630. The molecule has 20 heavy (non-hydrogen) atoms. The summed E-state index contributed by atoms with van der Waals surface area (Å²) in [6.07, 6.45) is 0.269. The number of carbonyl (C=O) groups is 1. The molecular formula is C15H11Br2ClO2. The molecule has 0 aliphatic carbocycles. The predicted molar refractivity (Wildman–Crippen MR) is 87.9 cm³/mol. The summed E-state index contributed by atoms with van der Waals surface area (Å²) in [7, 11) is 1.59. The van der Waals surface area contributed by atoms with Crippen molar-refractivity contribution in [2.45, 2.75) is 6.42 Å². The Morgan fingerprint density at radius 1 is 1.20 bits per heavy atom. The van der Waals surface area contributed by atoms with E-state index < -0.39 is 0 Å². The summed E-state index contributed by atoms with van der Waals surface area (Å²) in [6, 6.07) is 10.8. The first-order valence-corrected chi connectivity index (χ1v) is 7.78. The number of carbonyl (C=O) groups excluding carboxylic acids is 1. The molecule has 0 heterocycles. The summed E-state index contributed by atoms with van der Waals surface area (Å²) in [6.45, 7) is 0. The highest BCUT2D eigenvalue weighted by atomic mass is 79.9. The van der Waals surface area contributed by atoms with Crippen LogP contribution in [0.3, 0.4) is 0 Å². The van der Waals surface area contributed by atoms with Gasteiger partial charge in [-0.05, 0) is 51.8 Å². The van der Waals surface area contributed by atoms with Gasteiger partial charge in [0.2, 0.25) is 0 Å². The van der Waals surface area contributed by atoms with E-state index in [2.05, 4.69) is 31.9 Å². The highest BCUT2D eigenvalue weighted by Gasteiger charge is 2.12. The van der Waals surface area contributed by atoms with E-state index in [4.69, 9.17) is 16.3 Å². The lowest BCUT2D eigenvalue weighted by Crippen LogP contribution is -2.04. The van der Waals surface area contributed by atoms with Gasteiger partial charge in [0, 0.05) is 21.5 Å². The van der Waals surface area contributed by atoms with E-state index in [0.29, 0.717) is 16.3 Å². The fourth-order valence-corrected chi connectivity index (χ4v) is 3.06. The highest BCUT2D eigenvalue weighted by Crippen LogP contribution is 2.27. The predicted octanol–water partition coefficient (Wildman–Crippen LogP) is 5.30. The Hall–Kier alpha value is -0.840. The molecule has 104 valence electrons. The maximum atomic E-state index is 12.3. The summed E-state index contributed by atoms with van der Waals surface area (Å²) in [5.74, 6) is 0.709. The second kappa shape index (κ2) is 6.74. The Bertz CT molecular complexity index is 656. The molecule has 0 aliphatic heterocycles.